The fourth-order valence-corrected chi connectivity index (χ4v) is 1.77. The van der Waals surface area contributed by atoms with Gasteiger partial charge in [0.15, 0.2) is 0 Å². The van der Waals surface area contributed by atoms with Gasteiger partial charge in [-0.3, -0.25) is 9.59 Å². The number of hydrogen-bond acceptors (Lipinski definition) is 4. The van der Waals surface area contributed by atoms with Crippen LogP contribution in [0.4, 0.5) is 0 Å². The van der Waals surface area contributed by atoms with E-state index in [0.29, 0.717) is 18.3 Å². The van der Waals surface area contributed by atoms with Crippen LogP contribution in [0.5, 0.6) is 0 Å². The summed E-state index contributed by atoms with van der Waals surface area (Å²) in [5, 5.41) is 1.81. The van der Waals surface area contributed by atoms with Crippen molar-refractivity contribution in [3.63, 3.8) is 0 Å². The van der Waals surface area contributed by atoms with Gasteiger partial charge in [-0.25, -0.2) is 0 Å². The molecule has 1 amide bonds. The highest BCUT2D eigenvalue weighted by atomic mass is 32.2. The maximum absolute atomic E-state index is 11.4. The molecule has 16 heavy (non-hydrogen) atoms. The molecular weight excluding hydrogens is 226 g/mol. The Labute approximate surface area is 100 Å². The van der Waals surface area contributed by atoms with Crippen LogP contribution in [0, 0.1) is 5.92 Å². The molecule has 1 aliphatic heterocycles. The fourth-order valence-electron chi connectivity index (χ4n) is 1.14. The Morgan fingerprint density at radius 1 is 1.62 bits per heavy atom. The maximum Gasteiger partial charge on any atom is 0.326 e. The Kier molecular flexibility index (Phi) is 5.38. The van der Waals surface area contributed by atoms with Crippen LogP contribution in [0.25, 0.3) is 0 Å². The summed E-state index contributed by atoms with van der Waals surface area (Å²) in [6.07, 6.45) is 2.48. The molecule has 0 fully saturated rings. The van der Waals surface area contributed by atoms with Crippen LogP contribution in [-0.4, -0.2) is 35.7 Å². The zero-order valence-corrected chi connectivity index (χ0v) is 10.5. The number of carbonyl (C=O) groups is 2. The second kappa shape index (κ2) is 6.58. The largest absolute Gasteiger partial charge is 0.464 e. The van der Waals surface area contributed by atoms with E-state index in [4.69, 9.17) is 4.74 Å². The van der Waals surface area contributed by atoms with Crippen LogP contribution in [0.3, 0.4) is 0 Å². The first kappa shape index (κ1) is 13.1. The molecule has 5 heteroatoms. The first-order valence-corrected chi connectivity index (χ1v) is 6.38. The van der Waals surface area contributed by atoms with Crippen molar-refractivity contribution < 1.29 is 14.3 Å². The summed E-state index contributed by atoms with van der Waals surface area (Å²) in [6.45, 7) is 4.59. The molecule has 0 radical (unpaired) electrons. The summed E-state index contributed by atoms with van der Waals surface area (Å²) in [6, 6.07) is 0. The van der Waals surface area contributed by atoms with Gasteiger partial charge in [0, 0.05) is 6.20 Å². The summed E-state index contributed by atoms with van der Waals surface area (Å²) < 4.78 is 5.03. The molecule has 1 heterocycles. The fraction of sp³-hybridized carbons (Fsp3) is 0.636. The third-order valence-electron chi connectivity index (χ3n) is 2.12. The Morgan fingerprint density at radius 2 is 2.38 bits per heavy atom. The average molecular weight is 243 g/mol. The Hall–Kier alpha value is -0.970. The molecular formula is C11H17NO3S. The Balaban J connectivity index is 2.25. The number of thioether (sulfide) groups is 1. The van der Waals surface area contributed by atoms with Gasteiger partial charge < -0.3 is 9.64 Å². The number of hydrogen-bond donors (Lipinski definition) is 0. The number of ether oxygens (including phenoxy) is 1. The molecule has 0 N–H and O–H groups in total. The van der Waals surface area contributed by atoms with Gasteiger partial charge in [-0.1, -0.05) is 13.8 Å². The summed E-state index contributed by atoms with van der Waals surface area (Å²) in [7, 11) is 0. The SMILES string of the molecule is CC(C)CCOC(=O)CN1C=CSCC1=O. The lowest BCUT2D eigenvalue weighted by Crippen LogP contribution is -2.34. The number of nitrogens with zero attached hydrogens (tertiary/aromatic N) is 1. The highest BCUT2D eigenvalue weighted by Gasteiger charge is 2.17. The molecule has 0 atom stereocenters. The first-order chi connectivity index (χ1) is 7.59. The second-order valence-electron chi connectivity index (χ2n) is 4.02. The highest BCUT2D eigenvalue weighted by Crippen LogP contribution is 2.12. The van der Waals surface area contributed by atoms with Gasteiger partial charge in [0.1, 0.15) is 6.54 Å². The minimum atomic E-state index is -0.342. The molecule has 0 unspecified atom stereocenters. The summed E-state index contributed by atoms with van der Waals surface area (Å²) in [5.41, 5.74) is 0. The van der Waals surface area contributed by atoms with Crippen molar-refractivity contribution in [2.24, 2.45) is 5.92 Å². The van der Waals surface area contributed by atoms with E-state index in [9.17, 15) is 9.59 Å². The van der Waals surface area contributed by atoms with Crippen molar-refractivity contribution in [2.45, 2.75) is 20.3 Å². The predicted molar refractivity (Wildman–Crippen MR) is 63.7 cm³/mol. The van der Waals surface area contributed by atoms with Gasteiger partial charge in [-0.15, -0.1) is 11.8 Å². The maximum atomic E-state index is 11.4. The lowest BCUT2D eigenvalue weighted by molar-refractivity contribution is -0.147. The predicted octanol–water partition coefficient (Wildman–Crippen LogP) is 1.62. The first-order valence-electron chi connectivity index (χ1n) is 5.33. The van der Waals surface area contributed by atoms with Crippen molar-refractivity contribution in [3.8, 4) is 0 Å². The molecule has 4 nitrogen and oxygen atoms in total. The lowest BCUT2D eigenvalue weighted by Gasteiger charge is -2.19. The van der Waals surface area contributed by atoms with E-state index in [1.54, 1.807) is 6.20 Å². The smallest absolute Gasteiger partial charge is 0.326 e. The third-order valence-corrected chi connectivity index (χ3v) is 2.85. The molecule has 0 aromatic heterocycles. The monoisotopic (exact) mass is 243 g/mol. The molecule has 0 saturated carbocycles. The topological polar surface area (TPSA) is 46.6 Å². The van der Waals surface area contributed by atoms with Crippen molar-refractivity contribution >= 4 is 23.6 Å². The summed E-state index contributed by atoms with van der Waals surface area (Å²) in [5.74, 6) is 0.523. The van der Waals surface area contributed by atoms with Gasteiger partial charge >= 0.3 is 5.97 Å². The molecule has 1 aliphatic rings. The highest BCUT2D eigenvalue weighted by molar-refractivity contribution is 8.02. The molecule has 0 aromatic carbocycles. The van der Waals surface area contributed by atoms with E-state index in [0.717, 1.165) is 6.42 Å². The molecule has 0 saturated heterocycles. The molecule has 1 rings (SSSR count). The van der Waals surface area contributed by atoms with E-state index < -0.39 is 0 Å². The van der Waals surface area contributed by atoms with Gasteiger partial charge in [-0.05, 0) is 17.7 Å². The molecule has 0 bridgehead atoms. The number of rotatable bonds is 5. The van der Waals surface area contributed by atoms with Crippen molar-refractivity contribution in [1.29, 1.82) is 0 Å². The minimum Gasteiger partial charge on any atom is -0.464 e. The summed E-state index contributed by atoms with van der Waals surface area (Å²) in [4.78, 5) is 24.1. The van der Waals surface area contributed by atoms with E-state index in [-0.39, 0.29) is 18.4 Å². The van der Waals surface area contributed by atoms with Gasteiger partial charge in [-0.2, -0.15) is 0 Å². The van der Waals surface area contributed by atoms with Crippen molar-refractivity contribution in [3.05, 3.63) is 11.6 Å². The van der Waals surface area contributed by atoms with Gasteiger partial charge in [0.25, 0.3) is 0 Å². The summed E-state index contributed by atoms with van der Waals surface area (Å²) >= 11 is 1.43. The normalized spacial score (nSPS) is 15.7. The standard InChI is InChI=1S/C11H17NO3S/c1-9(2)3-5-15-11(14)7-12-4-6-16-8-10(12)13/h4,6,9H,3,5,7-8H2,1-2H3. The number of esters is 1. The van der Waals surface area contributed by atoms with E-state index >= 15 is 0 Å². The zero-order chi connectivity index (χ0) is 12.0. The molecule has 0 aromatic rings. The zero-order valence-electron chi connectivity index (χ0n) is 9.64. The van der Waals surface area contributed by atoms with Crippen LogP contribution in [0.15, 0.2) is 11.6 Å². The second-order valence-corrected chi connectivity index (χ2v) is 4.91. The molecule has 0 aliphatic carbocycles. The van der Waals surface area contributed by atoms with Gasteiger partial charge in [0.05, 0.1) is 12.4 Å². The van der Waals surface area contributed by atoms with Crippen molar-refractivity contribution in [2.75, 3.05) is 18.9 Å². The van der Waals surface area contributed by atoms with Crippen LogP contribution in [-0.2, 0) is 14.3 Å². The van der Waals surface area contributed by atoms with Gasteiger partial charge in [0.2, 0.25) is 5.91 Å². The lowest BCUT2D eigenvalue weighted by atomic mass is 10.1. The van der Waals surface area contributed by atoms with Crippen molar-refractivity contribution in [1.82, 2.24) is 4.90 Å². The van der Waals surface area contributed by atoms with E-state index in [1.807, 2.05) is 5.41 Å². The Morgan fingerprint density at radius 3 is 3.00 bits per heavy atom. The van der Waals surface area contributed by atoms with Crippen LogP contribution in [0.2, 0.25) is 0 Å². The average Bonchev–Trinajstić information content (AvgIpc) is 2.21. The molecule has 90 valence electrons. The number of carbonyl (C=O) groups excluding carboxylic acids is 2. The number of amides is 1. The van der Waals surface area contributed by atoms with Crippen LogP contribution < -0.4 is 0 Å². The van der Waals surface area contributed by atoms with E-state index in [2.05, 4.69) is 13.8 Å². The van der Waals surface area contributed by atoms with Crippen LogP contribution in [0.1, 0.15) is 20.3 Å². The Bertz CT molecular complexity index is 289. The minimum absolute atomic E-state index is 0.0218. The third kappa shape index (κ3) is 4.70. The quantitative estimate of drug-likeness (QED) is 0.688. The van der Waals surface area contributed by atoms with Crippen LogP contribution >= 0.6 is 11.8 Å². The molecule has 0 spiro atoms. The van der Waals surface area contributed by atoms with E-state index in [1.165, 1.54) is 16.7 Å².